The van der Waals surface area contributed by atoms with E-state index in [0.717, 1.165) is 23.1 Å². The van der Waals surface area contributed by atoms with Gasteiger partial charge in [-0.15, -0.1) is 5.10 Å². The number of fused-ring (bicyclic) bond motifs is 1. The van der Waals surface area contributed by atoms with Crippen molar-refractivity contribution < 1.29 is 4.79 Å². The van der Waals surface area contributed by atoms with E-state index in [4.69, 9.17) is 0 Å². The van der Waals surface area contributed by atoms with Crippen molar-refractivity contribution in [3.8, 4) is 0 Å². The first-order valence-corrected chi connectivity index (χ1v) is 7.01. The van der Waals surface area contributed by atoms with E-state index in [2.05, 4.69) is 10.3 Å². The number of carbonyl (C=O) groups excluding carboxylic acids is 1. The summed E-state index contributed by atoms with van der Waals surface area (Å²) in [4.78, 5) is 14.1. The van der Waals surface area contributed by atoms with E-state index in [1.54, 1.807) is 0 Å². The van der Waals surface area contributed by atoms with Gasteiger partial charge < -0.3 is 0 Å². The van der Waals surface area contributed by atoms with E-state index in [1.165, 1.54) is 0 Å². The fourth-order valence-electron chi connectivity index (χ4n) is 2.91. The number of hydrogen-bond donors (Lipinski definition) is 0. The second-order valence-corrected chi connectivity index (χ2v) is 5.14. The van der Waals surface area contributed by atoms with Crippen LogP contribution in [0.3, 0.4) is 0 Å². The zero-order chi connectivity index (χ0) is 14.2. The Labute approximate surface area is 121 Å². The highest BCUT2D eigenvalue weighted by Gasteiger charge is 2.34. The predicted molar refractivity (Wildman–Crippen MR) is 79.7 cm³/mol. The van der Waals surface area contributed by atoms with Gasteiger partial charge in [0.1, 0.15) is 11.7 Å². The molecular formula is C16H14N4O. The predicted octanol–water partition coefficient (Wildman–Crippen LogP) is 2.76. The summed E-state index contributed by atoms with van der Waals surface area (Å²) in [7, 11) is 0. The van der Waals surface area contributed by atoms with Gasteiger partial charge in [-0.2, -0.15) is 0 Å². The molecule has 1 aliphatic heterocycles. The summed E-state index contributed by atoms with van der Waals surface area (Å²) in [5, 5.41) is 8.45. The molecule has 4 rings (SSSR count). The molecule has 3 aromatic rings. The summed E-state index contributed by atoms with van der Waals surface area (Å²) in [6.07, 6.45) is 1.18. The molecule has 5 nitrogen and oxygen atoms in total. The summed E-state index contributed by atoms with van der Waals surface area (Å²) in [5.41, 5.74) is 2.72. The molecule has 0 N–H and O–H groups in total. The van der Waals surface area contributed by atoms with Gasteiger partial charge in [0.05, 0.1) is 5.52 Å². The molecule has 21 heavy (non-hydrogen) atoms. The van der Waals surface area contributed by atoms with Crippen LogP contribution in [-0.2, 0) is 4.79 Å². The van der Waals surface area contributed by atoms with Crippen molar-refractivity contribution in [2.75, 3.05) is 4.90 Å². The van der Waals surface area contributed by atoms with Crippen LogP contribution < -0.4 is 4.90 Å². The van der Waals surface area contributed by atoms with Gasteiger partial charge in [-0.3, -0.25) is 9.69 Å². The first-order chi connectivity index (χ1) is 10.3. The summed E-state index contributed by atoms with van der Waals surface area (Å²) >= 11 is 0. The fraction of sp³-hybridized carbons (Fsp3) is 0.188. The number of benzene rings is 2. The lowest BCUT2D eigenvalue weighted by molar-refractivity contribution is -0.117. The van der Waals surface area contributed by atoms with E-state index >= 15 is 0 Å². The SMILES string of the molecule is O=C1CCC(n2nnc3ccccc32)N1c1ccccc1. The average molecular weight is 278 g/mol. The highest BCUT2D eigenvalue weighted by molar-refractivity contribution is 5.96. The third-order valence-corrected chi connectivity index (χ3v) is 3.88. The molecule has 0 spiro atoms. The highest BCUT2D eigenvalue weighted by atomic mass is 16.2. The van der Waals surface area contributed by atoms with Gasteiger partial charge in [0.2, 0.25) is 5.91 Å². The van der Waals surface area contributed by atoms with Gasteiger partial charge >= 0.3 is 0 Å². The molecule has 104 valence electrons. The molecule has 5 heteroatoms. The van der Waals surface area contributed by atoms with Crippen LogP contribution in [0.4, 0.5) is 5.69 Å². The molecule has 0 aliphatic carbocycles. The van der Waals surface area contributed by atoms with Crippen molar-refractivity contribution in [3.05, 3.63) is 54.6 Å². The fourth-order valence-corrected chi connectivity index (χ4v) is 2.91. The molecule has 0 saturated carbocycles. The topological polar surface area (TPSA) is 51.0 Å². The molecule has 0 radical (unpaired) electrons. The third kappa shape index (κ3) is 1.89. The first kappa shape index (κ1) is 12.1. The number of rotatable bonds is 2. The number of amides is 1. The molecule has 0 bridgehead atoms. The second-order valence-electron chi connectivity index (χ2n) is 5.14. The molecule has 2 heterocycles. The zero-order valence-corrected chi connectivity index (χ0v) is 11.4. The van der Waals surface area contributed by atoms with Crippen molar-refractivity contribution >= 4 is 22.6 Å². The van der Waals surface area contributed by atoms with Crippen molar-refractivity contribution in [2.24, 2.45) is 0 Å². The van der Waals surface area contributed by atoms with Gasteiger partial charge in [0.15, 0.2) is 0 Å². The average Bonchev–Trinajstić information content (AvgIpc) is 3.11. The molecule has 1 aromatic heterocycles. The Morgan fingerprint density at radius 3 is 2.62 bits per heavy atom. The van der Waals surface area contributed by atoms with Crippen LogP contribution in [0, 0.1) is 0 Å². The minimum Gasteiger partial charge on any atom is -0.289 e. The van der Waals surface area contributed by atoms with Gasteiger partial charge in [-0.05, 0) is 30.7 Å². The number of nitrogens with zero attached hydrogens (tertiary/aromatic N) is 4. The summed E-state index contributed by atoms with van der Waals surface area (Å²) in [6.45, 7) is 0. The number of anilines is 1. The molecule has 2 aromatic carbocycles. The van der Waals surface area contributed by atoms with Gasteiger partial charge in [-0.1, -0.05) is 35.5 Å². The Kier molecular flexibility index (Phi) is 2.70. The van der Waals surface area contributed by atoms with Crippen LogP contribution in [0.25, 0.3) is 11.0 Å². The number of carbonyl (C=O) groups is 1. The second kappa shape index (κ2) is 4.70. The highest BCUT2D eigenvalue weighted by Crippen LogP contribution is 2.34. The molecule has 1 aliphatic rings. The molecule has 1 fully saturated rings. The minimum absolute atomic E-state index is 0.104. The van der Waals surface area contributed by atoms with Crippen LogP contribution in [0.1, 0.15) is 19.0 Å². The Morgan fingerprint density at radius 1 is 1.00 bits per heavy atom. The molecule has 1 saturated heterocycles. The van der Waals surface area contributed by atoms with Crippen LogP contribution in [0.15, 0.2) is 54.6 Å². The number of para-hydroxylation sites is 2. The third-order valence-electron chi connectivity index (χ3n) is 3.88. The Hall–Kier alpha value is -2.69. The van der Waals surface area contributed by atoms with Crippen molar-refractivity contribution in [1.29, 1.82) is 0 Å². The largest absolute Gasteiger partial charge is 0.289 e. The quantitative estimate of drug-likeness (QED) is 0.724. The first-order valence-electron chi connectivity index (χ1n) is 7.01. The van der Waals surface area contributed by atoms with Crippen molar-refractivity contribution in [1.82, 2.24) is 15.0 Å². The molecule has 1 atom stereocenters. The molecule has 1 unspecified atom stereocenters. The number of aromatic nitrogens is 3. The standard InChI is InChI=1S/C16H14N4O/c21-16-11-10-15(19(16)12-6-2-1-3-7-12)20-14-9-5-4-8-13(14)17-18-20/h1-9,15H,10-11H2. The van der Waals surface area contributed by atoms with E-state index < -0.39 is 0 Å². The maximum atomic E-state index is 12.3. The smallest absolute Gasteiger partial charge is 0.228 e. The lowest BCUT2D eigenvalue weighted by Crippen LogP contribution is -2.31. The monoisotopic (exact) mass is 278 g/mol. The maximum absolute atomic E-state index is 12.3. The van der Waals surface area contributed by atoms with E-state index in [-0.39, 0.29) is 12.1 Å². The summed E-state index contributed by atoms with van der Waals surface area (Å²) in [5.74, 6) is 0.130. The van der Waals surface area contributed by atoms with Crippen LogP contribution in [0.2, 0.25) is 0 Å². The normalized spacial score (nSPS) is 18.6. The van der Waals surface area contributed by atoms with E-state index in [1.807, 2.05) is 64.2 Å². The zero-order valence-electron chi connectivity index (χ0n) is 11.4. The molecule has 1 amide bonds. The van der Waals surface area contributed by atoms with Crippen LogP contribution in [0.5, 0.6) is 0 Å². The van der Waals surface area contributed by atoms with Crippen molar-refractivity contribution in [3.63, 3.8) is 0 Å². The lowest BCUT2D eigenvalue weighted by Gasteiger charge is -2.25. The maximum Gasteiger partial charge on any atom is 0.228 e. The van der Waals surface area contributed by atoms with Gasteiger partial charge in [0.25, 0.3) is 0 Å². The Bertz CT molecular complexity index is 796. The summed E-state index contributed by atoms with van der Waals surface area (Å²) in [6, 6.07) is 17.6. The van der Waals surface area contributed by atoms with Crippen LogP contribution in [-0.4, -0.2) is 20.9 Å². The minimum atomic E-state index is -0.104. The Morgan fingerprint density at radius 2 is 1.76 bits per heavy atom. The van der Waals surface area contributed by atoms with Gasteiger partial charge in [0, 0.05) is 12.1 Å². The van der Waals surface area contributed by atoms with E-state index in [0.29, 0.717) is 6.42 Å². The summed E-state index contributed by atoms with van der Waals surface area (Å²) < 4.78 is 1.85. The molecular weight excluding hydrogens is 264 g/mol. The van der Waals surface area contributed by atoms with Crippen molar-refractivity contribution in [2.45, 2.75) is 19.0 Å². The van der Waals surface area contributed by atoms with E-state index in [9.17, 15) is 4.79 Å². The number of hydrogen-bond acceptors (Lipinski definition) is 3. The lowest BCUT2D eigenvalue weighted by atomic mass is 10.2. The van der Waals surface area contributed by atoms with Crippen LogP contribution >= 0.6 is 0 Å². The van der Waals surface area contributed by atoms with Gasteiger partial charge in [-0.25, -0.2) is 4.68 Å². The Balaban J connectivity index is 1.82.